The van der Waals surface area contributed by atoms with Crippen molar-refractivity contribution >= 4 is 21.6 Å². The molecule has 3 heterocycles. The van der Waals surface area contributed by atoms with Crippen LogP contribution in [0, 0.1) is 11.8 Å². The van der Waals surface area contributed by atoms with E-state index in [0.717, 1.165) is 29.8 Å². The second-order valence-electron chi connectivity index (χ2n) is 6.30. The summed E-state index contributed by atoms with van der Waals surface area (Å²) in [5.41, 5.74) is 1.55. The van der Waals surface area contributed by atoms with Gasteiger partial charge in [-0.05, 0) is 46.3 Å². The van der Waals surface area contributed by atoms with E-state index in [1.54, 1.807) is 16.7 Å². The molecule has 0 amide bonds. The van der Waals surface area contributed by atoms with Crippen LogP contribution in [0.15, 0.2) is 33.7 Å². The average molecular weight is 350 g/mol. The molecule has 0 N–H and O–H groups in total. The molecular weight excluding hydrogens is 330 g/mol. The monoisotopic (exact) mass is 349 g/mol. The topological polar surface area (TPSA) is 37.6 Å². The van der Waals surface area contributed by atoms with Crippen molar-refractivity contribution in [1.29, 1.82) is 0 Å². The zero-order chi connectivity index (χ0) is 15.0. The molecule has 1 fully saturated rings. The molecule has 1 aliphatic rings. The highest BCUT2D eigenvalue weighted by molar-refractivity contribution is 9.10. The van der Waals surface area contributed by atoms with E-state index in [9.17, 15) is 4.79 Å². The molecule has 1 saturated heterocycles. The molecule has 0 bridgehead atoms. The fourth-order valence-electron chi connectivity index (χ4n) is 3.36. The Hall–Kier alpha value is -1.20. The minimum absolute atomic E-state index is 0.0191. The van der Waals surface area contributed by atoms with Crippen molar-refractivity contribution in [2.75, 3.05) is 13.1 Å². The van der Waals surface area contributed by atoms with Crippen LogP contribution in [0.25, 0.3) is 5.65 Å². The molecule has 2 aromatic heterocycles. The van der Waals surface area contributed by atoms with Gasteiger partial charge in [0.25, 0.3) is 5.56 Å². The first-order valence-corrected chi connectivity index (χ1v) is 8.21. The fourth-order valence-corrected chi connectivity index (χ4v) is 3.69. The first-order chi connectivity index (χ1) is 10.0. The first-order valence-electron chi connectivity index (χ1n) is 7.41. The van der Waals surface area contributed by atoms with Crippen molar-refractivity contribution in [3.05, 3.63) is 44.9 Å². The second-order valence-corrected chi connectivity index (χ2v) is 7.22. The summed E-state index contributed by atoms with van der Waals surface area (Å²) in [7, 11) is 0. The van der Waals surface area contributed by atoms with E-state index in [2.05, 4.69) is 39.7 Å². The summed E-state index contributed by atoms with van der Waals surface area (Å²) < 4.78 is 2.46. The van der Waals surface area contributed by atoms with Crippen molar-refractivity contribution in [3.63, 3.8) is 0 Å². The van der Waals surface area contributed by atoms with Gasteiger partial charge in [0.15, 0.2) is 0 Å². The lowest BCUT2D eigenvalue weighted by atomic mass is 9.92. The number of fused-ring (bicyclic) bond motifs is 1. The van der Waals surface area contributed by atoms with Crippen molar-refractivity contribution in [2.45, 2.75) is 26.8 Å². The van der Waals surface area contributed by atoms with Gasteiger partial charge in [0, 0.05) is 36.4 Å². The Morgan fingerprint density at radius 3 is 2.71 bits per heavy atom. The standard InChI is InChI=1S/C16H20BrN3O/c1-11-5-12(2)8-19(7-11)10-14-6-16(21)20-9-13(17)3-4-15(20)18-14/h3-4,6,9,11-12H,5,7-8,10H2,1-2H3. The SMILES string of the molecule is CC1CC(C)CN(Cc2cc(=O)n3cc(Br)ccc3n2)C1. The molecule has 112 valence electrons. The van der Waals surface area contributed by atoms with Gasteiger partial charge < -0.3 is 0 Å². The Balaban J connectivity index is 1.87. The third-order valence-corrected chi connectivity index (χ3v) is 4.48. The summed E-state index contributed by atoms with van der Waals surface area (Å²) in [5, 5.41) is 0. The molecule has 3 rings (SSSR count). The lowest BCUT2D eigenvalue weighted by Crippen LogP contribution is -2.38. The van der Waals surface area contributed by atoms with E-state index in [1.807, 2.05) is 12.1 Å². The predicted octanol–water partition coefficient (Wildman–Crippen LogP) is 2.93. The number of halogens is 1. The lowest BCUT2D eigenvalue weighted by molar-refractivity contribution is 0.133. The number of likely N-dealkylation sites (tertiary alicyclic amines) is 1. The molecule has 4 nitrogen and oxygen atoms in total. The maximum absolute atomic E-state index is 12.2. The summed E-state index contributed by atoms with van der Waals surface area (Å²) in [6.45, 7) is 7.53. The predicted molar refractivity (Wildman–Crippen MR) is 87.4 cm³/mol. The van der Waals surface area contributed by atoms with E-state index < -0.39 is 0 Å². The second kappa shape index (κ2) is 5.89. The molecule has 0 aromatic carbocycles. The molecule has 0 saturated carbocycles. The van der Waals surface area contributed by atoms with Gasteiger partial charge in [0.2, 0.25) is 0 Å². The van der Waals surface area contributed by atoms with Gasteiger partial charge in [-0.25, -0.2) is 4.98 Å². The van der Waals surface area contributed by atoms with E-state index >= 15 is 0 Å². The molecule has 21 heavy (non-hydrogen) atoms. The molecule has 2 aromatic rings. The number of piperidine rings is 1. The van der Waals surface area contributed by atoms with Gasteiger partial charge in [0.05, 0.1) is 5.69 Å². The van der Waals surface area contributed by atoms with Gasteiger partial charge in [-0.1, -0.05) is 13.8 Å². The Bertz CT molecular complexity index is 702. The van der Waals surface area contributed by atoms with Gasteiger partial charge in [-0.15, -0.1) is 0 Å². The van der Waals surface area contributed by atoms with Gasteiger partial charge in [-0.3, -0.25) is 14.1 Å². The molecule has 0 aliphatic carbocycles. The number of rotatable bonds is 2. The highest BCUT2D eigenvalue weighted by atomic mass is 79.9. The van der Waals surface area contributed by atoms with E-state index in [1.165, 1.54) is 6.42 Å². The molecule has 0 spiro atoms. The number of pyridine rings is 1. The summed E-state index contributed by atoms with van der Waals surface area (Å²) >= 11 is 3.38. The van der Waals surface area contributed by atoms with Crippen LogP contribution in [-0.4, -0.2) is 27.4 Å². The average Bonchev–Trinajstić information content (AvgIpc) is 2.38. The highest BCUT2D eigenvalue weighted by Gasteiger charge is 2.22. The van der Waals surface area contributed by atoms with Crippen molar-refractivity contribution in [1.82, 2.24) is 14.3 Å². The van der Waals surface area contributed by atoms with Crippen LogP contribution in [0.3, 0.4) is 0 Å². The quantitative estimate of drug-likeness (QED) is 0.836. The van der Waals surface area contributed by atoms with Gasteiger partial charge >= 0.3 is 0 Å². The normalized spacial score (nSPS) is 23.6. The van der Waals surface area contributed by atoms with Crippen LogP contribution < -0.4 is 5.56 Å². The summed E-state index contributed by atoms with van der Waals surface area (Å²) in [6, 6.07) is 5.44. The smallest absolute Gasteiger partial charge is 0.258 e. The fraction of sp³-hybridized carbons (Fsp3) is 0.500. The number of aromatic nitrogens is 2. The number of hydrogen-bond acceptors (Lipinski definition) is 3. The van der Waals surface area contributed by atoms with Crippen LogP contribution in [0.2, 0.25) is 0 Å². The van der Waals surface area contributed by atoms with E-state index in [4.69, 9.17) is 0 Å². The Morgan fingerprint density at radius 1 is 1.29 bits per heavy atom. The molecule has 0 radical (unpaired) electrons. The minimum atomic E-state index is -0.0191. The third-order valence-electron chi connectivity index (χ3n) is 4.01. The molecule has 1 aliphatic heterocycles. The minimum Gasteiger partial charge on any atom is -0.297 e. The van der Waals surface area contributed by atoms with Crippen molar-refractivity contribution in [3.8, 4) is 0 Å². The zero-order valence-electron chi connectivity index (χ0n) is 12.4. The van der Waals surface area contributed by atoms with E-state index in [-0.39, 0.29) is 5.56 Å². The highest BCUT2D eigenvalue weighted by Crippen LogP contribution is 2.22. The number of hydrogen-bond donors (Lipinski definition) is 0. The van der Waals surface area contributed by atoms with Gasteiger partial charge in [-0.2, -0.15) is 0 Å². The van der Waals surface area contributed by atoms with E-state index in [0.29, 0.717) is 17.5 Å². The van der Waals surface area contributed by atoms with Crippen molar-refractivity contribution in [2.24, 2.45) is 11.8 Å². The lowest BCUT2D eigenvalue weighted by Gasteiger charge is -2.34. The molecule has 5 heteroatoms. The van der Waals surface area contributed by atoms with Crippen LogP contribution >= 0.6 is 15.9 Å². The summed E-state index contributed by atoms with van der Waals surface area (Å²) in [5.74, 6) is 1.43. The first kappa shape index (κ1) is 14.7. The molecule has 2 unspecified atom stereocenters. The van der Waals surface area contributed by atoms with Crippen LogP contribution in [-0.2, 0) is 6.54 Å². The molecule has 2 atom stereocenters. The summed E-state index contributed by atoms with van der Waals surface area (Å²) in [6.07, 6.45) is 3.05. The van der Waals surface area contributed by atoms with Crippen molar-refractivity contribution < 1.29 is 0 Å². The van der Waals surface area contributed by atoms with Crippen LogP contribution in [0.5, 0.6) is 0 Å². The Kier molecular flexibility index (Phi) is 4.13. The van der Waals surface area contributed by atoms with Crippen LogP contribution in [0.1, 0.15) is 26.0 Å². The maximum Gasteiger partial charge on any atom is 0.258 e. The number of nitrogens with zero attached hydrogens (tertiary/aromatic N) is 3. The van der Waals surface area contributed by atoms with Crippen LogP contribution in [0.4, 0.5) is 0 Å². The molecular formula is C16H20BrN3O. The maximum atomic E-state index is 12.2. The third kappa shape index (κ3) is 3.35. The van der Waals surface area contributed by atoms with Gasteiger partial charge in [0.1, 0.15) is 5.65 Å². The summed E-state index contributed by atoms with van der Waals surface area (Å²) in [4.78, 5) is 19.2. The zero-order valence-corrected chi connectivity index (χ0v) is 14.0. The Labute approximate surface area is 132 Å². The largest absolute Gasteiger partial charge is 0.297 e. The Morgan fingerprint density at radius 2 is 2.00 bits per heavy atom.